The number of hydrogen-bond acceptors (Lipinski definition) is 9. The molecule has 0 saturated heterocycles. The summed E-state index contributed by atoms with van der Waals surface area (Å²) in [5.74, 6) is -3.02. The number of hydrogen-bond donors (Lipinski definition) is 0. The van der Waals surface area contributed by atoms with Gasteiger partial charge < -0.3 is 18.9 Å². The van der Waals surface area contributed by atoms with E-state index in [-0.39, 0.29) is 30.5 Å². The van der Waals surface area contributed by atoms with Gasteiger partial charge in [-0.2, -0.15) is 0 Å². The molecule has 204 valence electrons. The minimum absolute atomic E-state index is 0.0312. The zero-order valence-corrected chi connectivity index (χ0v) is 22.8. The van der Waals surface area contributed by atoms with Gasteiger partial charge in [-0.15, -0.1) is 0 Å². The summed E-state index contributed by atoms with van der Waals surface area (Å²) < 4.78 is 23.2. The Hall–Kier alpha value is -2.71. The Morgan fingerprint density at radius 3 is 1.89 bits per heavy atom. The van der Waals surface area contributed by atoms with Crippen molar-refractivity contribution in [2.75, 3.05) is 0 Å². The highest BCUT2D eigenvalue weighted by Gasteiger charge is 2.75. The van der Waals surface area contributed by atoms with Crippen molar-refractivity contribution < 1.29 is 42.9 Å². The van der Waals surface area contributed by atoms with Crippen LogP contribution in [0.15, 0.2) is 12.2 Å². The summed E-state index contributed by atoms with van der Waals surface area (Å²) in [6.07, 6.45) is -1.45. The second-order valence-electron chi connectivity index (χ2n) is 12.3. The van der Waals surface area contributed by atoms with Crippen LogP contribution in [-0.4, -0.2) is 54.1 Å². The molecule has 37 heavy (non-hydrogen) atoms. The van der Waals surface area contributed by atoms with Gasteiger partial charge in [-0.1, -0.05) is 27.4 Å². The topological polar surface area (TPSA) is 122 Å². The number of fused-ring (bicyclic) bond motifs is 3. The lowest BCUT2D eigenvalue weighted by atomic mass is 9.39. The molecule has 9 heteroatoms. The van der Waals surface area contributed by atoms with Crippen molar-refractivity contribution in [3.63, 3.8) is 0 Å². The van der Waals surface area contributed by atoms with E-state index in [4.69, 9.17) is 18.9 Å². The predicted molar refractivity (Wildman–Crippen MR) is 130 cm³/mol. The summed E-state index contributed by atoms with van der Waals surface area (Å²) >= 11 is 0. The van der Waals surface area contributed by atoms with Gasteiger partial charge in [-0.05, 0) is 36.2 Å². The minimum atomic E-state index is -0.901. The number of Topliss-reactive ketones (excluding diaryl/α,β-unsaturated/α-hetero) is 1. The van der Waals surface area contributed by atoms with Gasteiger partial charge in [0.05, 0.1) is 0 Å². The largest absolute Gasteiger partial charge is 0.462 e. The van der Waals surface area contributed by atoms with Crippen LogP contribution in [0, 0.1) is 34.0 Å². The Morgan fingerprint density at radius 1 is 0.811 bits per heavy atom. The molecule has 4 aliphatic rings. The second kappa shape index (κ2) is 8.95. The zero-order valence-electron chi connectivity index (χ0n) is 22.8. The van der Waals surface area contributed by atoms with Crippen LogP contribution in [0.4, 0.5) is 0 Å². The lowest BCUT2D eigenvalue weighted by molar-refractivity contribution is -0.249. The summed E-state index contributed by atoms with van der Waals surface area (Å²) in [7, 11) is 0. The van der Waals surface area contributed by atoms with Gasteiger partial charge in [0.15, 0.2) is 0 Å². The molecule has 0 aromatic heterocycles. The molecular formula is C28H38O9. The Balaban J connectivity index is 1.91. The molecule has 1 spiro atoms. The van der Waals surface area contributed by atoms with Crippen LogP contribution in [0.25, 0.3) is 0 Å². The molecule has 9 nitrogen and oxygen atoms in total. The van der Waals surface area contributed by atoms with Gasteiger partial charge >= 0.3 is 23.9 Å². The van der Waals surface area contributed by atoms with E-state index >= 15 is 0 Å². The first kappa shape index (κ1) is 27.3. The third-order valence-corrected chi connectivity index (χ3v) is 9.38. The summed E-state index contributed by atoms with van der Waals surface area (Å²) in [5, 5.41) is 0. The molecule has 4 aliphatic carbocycles. The van der Waals surface area contributed by atoms with E-state index in [1.54, 1.807) is 0 Å². The molecule has 4 rings (SSSR count). The first-order chi connectivity index (χ1) is 17.0. The SMILES string of the molecule is C=C1[C@@H]2C[C@H](OC(C)=O)[C@H]3[C@]4(C)C[C@H](OC(C)=O)[C@H](OC(C)=O)C(C)(C)[C@H]4C(=O)C[C@@]3(C2)[C@@H]1OC(C)=O. The fourth-order valence-electron chi connectivity index (χ4n) is 9.03. The van der Waals surface area contributed by atoms with Crippen molar-refractivity contribution >= 4 is 29.7 Å². The third-order valence-electron chi connectivity index (χ3n) is 9.38. The monoisotopic (exact) mass is 518 g/mol. The van der Waals surface area contributed by atoms with E-state index in [1.807, 2.05) is 20.8 Å². The summed E-state index contributed by atoms with van der Waals surface area (Å²) in [6.45, 7) is 15.2. The Kier molecular flexibility index (Phi) is 6.61. The third kappa shape index (κ3) is 4.18. The van der Waals surface area contributed by atoms with Crippen LogP contribution in [0.1, 0.15) is 74.1 Å². The average Bonchev–Trinajstić information content (AvgIpc) is 2.89. The molecule has 0 unspecified atom stereocenters. The first-order valence-corrected chi connectivity index (χ1v) is 12.9. The number of ketones is 1. The lowest BCUT2D eigenvalue weighted by Crippen LogP contribution is -2.70. The number of carbonyl (C=O) groups is 5. The van der Waals surface area contributed by atoms with Gasteiger partial charge in [0.1, 0.15) is 30.2 Å². The quantitative estimate of drug-likeness (QED) is 0.313. The highest BCUT2D eigenvalue weighted by Crippen LogP contribution is 2.72. The molecule has 2 bridgehead atoms. The van der Waals surface area contributed by atoms with Crippen molar-refractivity contribution in [1.82, 2.24) is 0 Å². The number of rotatable bonds is 4. The summed E-state index contributed by atoms with van der Waals surface area (Å²) in [6, 6.07) is 0. The lowest BCUT2D eigenvalue weighted by Gasteiger charge is -2.66. The molecule has 4 saturated carbocycles. The van der Waals surface area contributed by atoms with Gasteiger partial charge in [0, 0.05) is 56.8 Å². The summed E-state index contributed by atoms with van der Waals surface area (Å²) in [5.41, 5.74) is -1.79. The molecule has 9 atom stereocenters. The van der Waals surface area contributed by atoms with E-state index in [1.165, 1.54) is 27.7 Å². The Bertz CT molecular complexity index is 1060. The normalized spacial score (nSPS) is 41.6. The fraction of sp³-hybridized carbons (Fsp3) is 0.750. The van der Waals surface area contributed by atoms with Crippen molar-refractivity contribution in [3.05, 3.63) is 12.2 Å². The van der Waals surface area contributed by atoms with Gasteiger partial charge in [-0.3, -0.25) is 24.0 Å². The van der Waals surface area contributed by atoms with Crippen LogP contribution >= 0.6 is 0 Å². The maximum Gasteiger partial charge on any atom is 0.303 e. The van der Waals surface area contributed by atoms with Crippen molar-refractivity contribution in [3.8, 4) is 0 Å². The van der Waals surface area contributed by atoms with Gasteiger partial charge in [-0.25, -0.2) is 0 Å². The fourth-order valence-corrected chi connectivity index (χ4v) is 9.03. The highest BCUT2D eigenvalue weighted by molar-refractivity contribution is 5.86. The number of ether oxygens (including phenoxy) is 4. The van der Waals surface area contributed by atoms with Crippen molar-refractivity contribution in [1.29, 1.82) is 0 Å². The van der Waals surface area contributed by atoms with Crippen LogP contribution in [-0.2, 0) is 42.9 Å². The molecular weight excluding hydrogens is 480 g/mol. The molecule has 0 N–H and O–H groups in total. The van der Waals surface area contributed by atoms with E-state index in [2.05, 4.69) is 6.58 Å². The van der Waals surface area contributed by atoms with Crippen LogP contribution in [0.3, 0.4) is 0 Å². The predicted octanol–water partition coefficient (Wildman–Crippen LogP) is 3.32. The molecule has 0 heterocycles. The van der Waals surface area contributed by atoms with Crippen LogP contribution < -0.4 is 0 Å². The van der Waals surface area contributed by atoms with E-state index < -0.39 is 70.5 Å². The first-order valence-electron chi connectivity index (χ1n) is 12.9. The highest BCUT2D eigenvalue weighted by atomic mass is 16.6. The molecule has 4 fully saturated rings. The van der Waals surface area contributed by atoms with Crippen molar-refractivity contribution in [2.45, 2.75) is 98.6 Å². The van der Waals surface area contributed by atoms with Gasteiger partial charge in [0.25, 0.3) is 0 Å². The van der Waals surface area contributed by atoms with E-state index in [0.717, 1.165) is 5.57 Å². The van der Waals surface area contributed by atoms with Crippen molar-refractivity contribution in [2.24, 2.45) is 34.0 Å². The standard InChI is InChI=1S/C28H38O9/c1-13-18-9-20(34-14(2)29)23-27(8)12-21(35-15(3)30)25(37-17(5)32)26(6,7)22(27)19(33)11-28(23,10-18)24(13)36-16(4)31/h18,20-25H,1,9-12H2,2-8H3/t18-,20+,21+,22-,23+,24-,25+,27-,28-/m1/s1. The number of esters is 4. The smallest absolute Gasteiger partial charge is 0.303 e. The molecule has 0 aromatic carbocycles. The zero-order chi connectivity index (χ0) is 27.7. The maximum atomic E-state index is 14.2. The molecule has 0 aromatic rings. The summed E-state index contributed by atoms with van der Waals surface area (Å²) in [4.78, 5) is 62.9. The number of carbonyl (C=O) groups excluding carboxylic acids is 5. The molecule has 0 radical (unpaired) electrons. The maximum absolute atomic E-state index is 14.2. The minimum Gasteiger partial charge on any atom is -0.462 e. The molecule has 0 aliphatic heterocycles. The Labute approximate surface area is 217 Å². The second-order valence-corrected chi connectivity index (χ2v) is 12.3. The van der Waals surface area contributed by atoms with Crippen LogP contribution in [0.2, 0.25) is 0 Å². The van der Waals surface area contributed by atoms with Gasteiger partial charge in [0.2, 0.25) is 0 Å². The van der Waals surface area contributed by atoms with E-state index in [9.17, 15) is 24.0 Å². The Morgan fingerprint density at radius 2 is 1.35 bits per heavy atom. The molecule has 0 amide bonds. The van der Waals surface area contributed by atoms with Crippen LogP contribution in [0.5, 0.6) is 0 Å². The average molecular weight is 519 g/mol. The van der Waals surface area contributed by atoms with E-state index in [0.29, 0.717) is 12.8 Å².